The summed E-state index contributed by atoms with van der Waals surface area (Å²) in [5.41, 5.74) is 10.2. The van der Waals surface area contributed by atoms with Gasteiger partial charge in [-0.3, -0.25) is 0 Å². The zero-order valence-corrected chi connectivity index (χ0v) is 11.6. The summed E-state index contributed by atoms with van der Waals surface area (Å²) < 4.78 is 0. The summed E-state index contributed by atoms with van der Waals surface area (Å²) in [5.74, 6) is 0. The highest BCUT2D eigenvalue weighted by Gasteiger charge is 2.15. The Hall–Kier alpha value is -1.34. The third-order valence-corrected chi connectivity index (χ3v) is 4.37. The lowest BCUT2D eigenvalue weighted by atomic mass is 9.96. The first kappa shape index (κ1) is 12.7. The molecule has 100 valence electrons. The standard InChI is InChI=1S/C18H23N/c19-13-4-2-1-3-6-14-9-10-16-12-11-15-7-5-8-17(14)18(15)16/h5,7-10H,1-4,6,11-13,19H2. The summed E-state index contributed by atoms with van der Waals surface area (Å²) >= 11 is 0. The van der Waals surface area contributed by atoms with Crippen LogP contribution >= 0.6 is 0 Å². The van der Waals surface area contributed by atoms with Gasteiger partial charge in [-0.05, 0) is 66.1 Å². The Kier molecular flexibility index (Phi) is 3.84. The first-order valence-electron chi connectivity index (χ1n) is 7.62. The Labute approximate surface area is 115 Å². The van der Waals surface area contributed by atoms with Gasteiger partial charge in [0, 0.05) is 0 Å². The van der Waals surface area contributed by atoms with Crippen LogP contribution in [0.25, 0.3) is 10.8 Å². The monoisotopic (exact) mass is 253 g/mol. The summed E-state index contributed by atoms with van der Waals surface area (Å²) in [6, 6.07) is 11.5. The molecule has 0 amide bonds. The molecule has 3 rings (SSSR count). The molecule has 0 fully saturated rings. The molecule has 0 saturated carbocycles. The second kappa shape index (κ2) is 5.75. The van der Waals surface area contributed by atoms with E-state index in [1.807, 2.05) is 0 Å². The van der Waals surface area contributed by atoms with Gasteiger partial charge in [0.1, 0.15) is 0 Å². The van der Waals surface area contributed by atoms with Crippen LogP contribution in [0.2, 0.25) is 0 Å². The summed E-state index contributed by atoms with van der Waals surface area (Å²) in [5, 5.41) is 3.06. The van der Waals surface area contributed by atoms with Crippen LogP contribution in [0.3, 0.4) is 0 Å². The Bertz CT molecular complexity index is 561. The Morgan fingerprint density at radius 2 is 1.63 bits per heavy atom. The quantitative estimate of drug-likeness (QED) is 0.774. The molecule has 2 aromatic rings. The second-order valence-corrected chi connectivity index (χ2v) is 5.68. The fourth-order valence-corrected chi connectivity index (χ4v) is 3.34. The summed E-state index contributed by atoms with van der Waals surface area (Å²) in [7, 11) is 0. The number of unbranched alkanes of at least 4 members (excludes halogenated alkanes) is 3. The lowest BCUT2D eigenvalue weighted by Crippen LogP contribution is -1.98. The van der Waals surface area contributed by atoms with Gasteiger partial charge in [-0.25, -0.2) is 0 Å². The predicted molar refractivity (Wildman–Crippen MR) is 82.6 cm³/mol. The van der Waals surface area contributed by atoms with Crippen molar-refractivity contribution in [1.29, 1.82) is 0 Å². The minimum atomic E-state index is 0.834. The van der Waals surface area contributed by atoms with Gasteiger partial charge in [-0.2, -0.15) is 0 Å². The highest BCUT2D eigenvalue weighted by atomic mass is 14.5. The van der Waals surface area contributed by atoms with Crippen molar-refractivity contribution in [3.05, 3.63) is 47.0 Å². The van der Waals surface area contributed by atoms with Crippen molar-refractivity contribution in [3.63, 3.8) is 0 Å². The first-order chi connectivity index (χ1) is 9.40. The van der Waals surface area contributed by atoms with Crippen molar-refractivity contribution in [2.45, 2.75) is 44.9 Å². The van der Waals surface area contributed by atoms with Crippen LogP contribution in [0.4, 0.5) is 0 Å². The predicted octanol–water partition coefficient (Wildman–Crippen LogP) is 4.00. The van der Waals surface area contributed by atoms with Crippen LogP contribution in [0.5, 0.6) is 0 Å². The van der Waals surface area contributed by atoms with Gasteiger partial charge < -0.3 is 5.73 Å². The summed E-state index contributed by atoms with van der Waals surface area (Å²) in [6.45, 7) is 0.834. The minimum Gasteiger partial charge on any atom is -0.330 e. The highest BCUT2D eigenvalue weighted by molar-refractivity contribution is 5.93. The largest absolute Gasteiger partial charge is 0.330 e. The maximum atomic E-state index is 5.54. The zero-order chi connectivity index (χ0) is 13.1. The molecule has 0 aromatic heterocycles. The van der Waals surface area contributed by atoms with E-state index in [0.29, 0.717) is 0 Å². The molecule has 1 aliphatic carbocycles. The Morgan fingerprint density at radius 1 is 0.842 bits per heavy atom. The molecule has 0 unspecified atom stereocenters. The average Bonchev–Trinajstić information content (AvgIpc) is 2.86. The average molecular weight is 253 g/mol. The fraction of sp³-hybridized carbons (Fsp3) is 0.444. The molecular formula is C18H23N. The number of hydrogen-bond acceptors (Lipinski definition) is 1. The van der Waals surface area contributed by atoms with Crippen molar-refractivity contribution < 1.29 is 0 Å². The molecule has 0 bridgehead atoms. The number of nitrogens with two attached hydrogens (primary N) is 1. The summed E-state index contributed by atoms with van der Waals surface area (Å²) in [4.78, 5) is 0. The molecule has 0 saturated heterocycles. The highest BCUT2D eigenvalue weighted by Crippen LogP contribution is 2.33. The van der Waals surface area contributed by atoms with Crippen molar-refractivity contribution in [2.75, 3.05) is 6.54 Å². The molecule has 0 radical (unpaired) electrons. The SMILES string of the molecule is NCCCCCCc1ccc2c3c(cccc13)CC2. The van der Waals surface area contributed by atoms with E-state index in [1.54, 1.807) is 16.5 Å². The van der Waals surface area contributed by atoms with Gasteiger partial charge >= 0.3 is 0 Å². The molecule has 1 nitrogen and oxygen atoms in total. The van der Waals surface area contributed by atoms with Crippen LogP contribution in [0.15, 0.2) is 30.3 Å². The third-order valence-electron chi connectivity index (χ3n) is 4.37. The van der Waals surface area contributed by atoms with Crippen molar-refractivity contribution in [2.24, 2.45) is 5.73 Å². The first-order valence-corrected chi connectivity index (χ1v) is 7.62. The van der Waals surface area contributed by atoms with E-state index in [-0.39, 0.29) is 0 Å². The minimum absolute atomic E-state index is 0.834. The molecule has 2 aromatic carbocycles. The molecule has 0 atom stereocenters. The van der Waals surface area contributed by atoms with Gasteiger partial charge in [0.05, 0.1) is 0 Å². The van der Waals surface area contributed by atoms with Crippen molar-refractivity contribution >= 4 is 10.8 Å². The second-order valence-electron chi connectivity index (χ2n) is 5.68. The van der Waals surface area contributed by atoms with Crippen LogP contribution in [-0.2, 0) is 19.3 Å². The van der Waals surface area contributed by atoms with Crippen LogP contribution in [0.1, 0.15) is 42.4 Å². The maximum absolute atomic E-state index is 5.54. The lowest BCUT2D eigenvalue weighted by molar-refractivity contribution is 0.648. The molecule has 0 aliphatic heterocycles. The van der Waals surface area contributed by atoms with E-state index in [9.17, 15) is 0 Å². The number of benzene rings is 2. The van der Waals surface area contributed by atoms with Crippen LogP contribution in [0, 0.1) is 0 Å². The molecule has 1 aliphatic rings. The van der Waals surface area contributed by atoms with E-state index < -0.39 is 0 Å². The van der Waals surface area contributed by atoms with Gasteiger partial charge in [0.15, 0.2) is 0 Å². The van der Waals surface area contributed by atoms with E-state index in [2.05, 4.69) is 30.3 Å². The van der Waals surface area contributed by atoms with Crippen molar-refractivity contribution in [1.82, 2.24) is 0 Å². The smallest absolute Gasteiger partial charge is 0.00773 e. The Morgan fingerprint density at radius 3 is 2.47 bits per heavy atom. The fourth-order valence-electron chi connectivity index (χ4n) is 3.34. The maximum Gasteiger partial charge on any atom is -0.00773 e. The summed E-state index contributed by atoms with van der Waals surface area (Å²) in [6.07, 6.45) is 8.71. The Balaban J connectivity index is 1.78. The topological polar surface area (TPSA) is 26.0 Å². The number of rotatable bonds is 6. The van der Waals surface area contributed by atoms with Gasteiger partial charge in [0.25, 0.3) is 0 Å². The zero-order valence-electron chi connectivity index (χ0n) is 11.6. The molecular weight excluding hydrogens is 230 g/mol. The third kappa shape index (κ3) is 2.52. The molecule has 2 N–H and O–H groups in total. The van der Waals surface area contributed by atoms with Crippen LogP contribution < -0.4 is 5.73 Å². The number of hydrogen-bond donors (Lipinski definition) is 1. The molecule has 0 spiro atoms. The normalized spacial score (nSPS) is 13.3. The van der Waals surface area contributed by atoms with Crippen LogP contribution in [-0.4, -0.2) is 6.54 Å². The molecule has 0 heterocycles. The number of aryl methyl sites for hydroxylation is 3. The van der Waals surface area contributed by atoms with Gasteiger partial charge in [0.2, 0.25) is 0 Å². The molecule has 1 heteroatoms. The van der Waals surface area contributed by atoms with Gasteiger partial charge in [-0.15, -0.1) is 0 Å². The lowest BCUT2D eigenvalue weighted by Gasteiger charge is -2.09. The van der Waals surface area contributed by atoms with E-state index in [4.69, 9.17) is 5.73 Å². The van der Waals surface area contributed by atoms with E-state index in [0.717, 1.165) is 6.54 Å². The van der Waals surface area contributed by atoms with E-state index >= 15 is 0 Å². The molecule has 19 heavy (non-hydrogen) atoms. The van der Waals surface area contributed by atoms with E-state index in [1.165, 1.54) is 55.9 Å². The van der Waals surface area contributed by atoms with Gasteiger partial charge in [-0.1, -0.05) is 43.2 Å². The van der Waals surface area contributed by atoms with Crippen molar-refractivity contribution in [3.8, 4) is 0 Å².